The summed E-state index contributed by atoms with van der Waals surface area (Å²) in [5, 5.41) is 9.01. The first kappa shape index (κ1) is 13.9. The lowest BCUT2D eigenvalue weighted by Crippen LogP contribution is -2.50. The summed E-state index contributed by atoms with van der Waals surface area (Å²) >= 11 is 0. The van der Waals surface area contributed by atoms with Gasteiger partial charge in [0.15, 0.2) is 0 Å². The van der Waals surface area contributed by atoms with Gasteiger partial charge >= 0.3 is 5.97 Å². The molecule has 0 aromatic heterocycles. The van der Waals surface area contributed by atoms with Gasteiger partial charge in [-0.2, -0.15) is 0 Å². The summed E-state index contributed by atoms with van der Waals surface area (Å²) in [5.74, 6) is -0.784. The molecule has 1 rings (SSSR count). The summed E-state index contributed by atoms with van der Waals surface area (Å²) in [4.78, 5) is 25.8. The van der Waals surface area contributed by atoms with Gasteiger partial charge in [0.1, 0.15) is 6.04 Å². The molecular formula is C11H20N2O4. The van der Waals surface area contributed by atoms with Gasteiger partial charge in [-0.25, -0.2) is 0 Å². The van der Waals surface area contributed by atoms with E-state index >= 15 is 0 Å². The Kier molecular flexibility index (Phi) is 5.37. The fraction of sp³-hybridized carbons (Fsp3) is 0.818. The van der Waals surface area contributed by atoms with E-state index in [9.17, 15) is 9.59 Å². The van der Waals surface area contributed by atoms with E-state index in [0.717, 1.165) is 0 Å². The topological polar surface area (TPSA) is 70.1 Å². The fourth-order valence-electron chi connectivity index (χ4n) is 1.79. The Labute approximate surface area is 101 Å². The van der Waals surface area contributed by atoms with Gasteiger partial charge < -0.3 is 14.7 Å². The minimum atomic E-state index is -0.858. The van der Waals surface area contributed by atoms with E-state index in [4.69, 9.17) is 9.84 Å². The molecule has 98 valence electrons. The van der Waals surface area contributed by atoms with E-state index in [0.29, 0.717) is 32.5 Å². The third-order valence-electron chi connectivity index (χ3n) is 2.86. The van der Waals surface area contributed by atoms with E-state index in [1.807, 2.05) is 4.90 Å². The lowest BCUT2D eigenvalue weighted by Gasteiger charge is -2.32. The number of carbonyl (C=O) groups excluding carboxylic acids is 1. The van der Waals surface area contributed by atoms with Crippen molar-refractivity contribution in [2.24, 2.45) is 0 Å². The van der Waals surface area contributed by atoms with Crippen molar-refractivity contribution in [1.82, 2.24) is 9.80 Å². The molecule has 17 heavy (non-hydrogen) atoms. The lowest BCUT2D eigenvalue weighted by atomic mass is 10.2. The van der Waals surface area contributed by atoms with Crippen LogP contribution in [0.5, 0.6) is 0 Å². The smallest absolute Gasteiger partial charge is 0.323 e. The Morgan fingerprint density at radius 2 is 2.18 bits per heavy atom. The second kappa shape index (κ2) is 6.56. The first-order valence-electron chi connectivity index (χ1n) is 5.77. The van der Waals surface area contributed by atoms with Crippen LogP contribution in [0.4, 0.5) is 0 Å². The molecule has 0 radical (unpaired) electrons. The van der Waals surface area contributed by atoms with E-state index in [1.54, 1.807) is 19.0 Å². The van der Waals surface area contributed by atoms with Gasteiger partial charge in [0, 0.05) is 27.1 Å². The Bertz CT molecular complexity index is 281. The number of nitrogens with zero attached hydrogens (tertiary/aromatic N) is 2. The zero-order chi connectivity index (χ0) is 12.8. The predicted molar refractivity (Wildman–Crippen MR) is 61.7 cm³/mol. The molecule has 1 aliphatic heterocycles. The normalized spacial score (nSPS) is 21.2. The van der Waals surface area contributed by atoms with Crippen LogP contribution in [-0.2, 0) is 14.3 Å². The van der Waals surface area contributed by atoms with Crippen molar-refractivity contribution >= 4 is 11.9 Å². The van der Waals surface area contributed by atoms with Gasteiger partial charge in [-0.3, -0.25) is 14.5 Å². The van der Waals surface area contributed by atoms with Crippen molar-refractivity contribution in [2.75, 3.05) is 40.4 Å². The summed E-state index contributed by atoms with van der Waals surface area (Å²) in [6.45, 7) is 2.04. The Hall–Kier alpha value is -1.14. The summed E-state index contributed by atoms with van der Waals surface area (Å²) in [6.07, 6.45) is 1.14. The zero-order valence-corrected chi connectivity index (χ0v) is 10.4. The Morgan fingerprint density at radius 3 is 2.76 bits per heavy atom. The van der Waals surface area contributed by atoms with Crippen LogP contribution in [0.15, 0.2) is 0 Å². The minimum Gasteiger partial charge on any atom is -0.480 e. The fourth-order valence-corrected chi connectivity index (χ4v) is 1.79. The van der Waals surface area contributed by atoms with Gasteiger partial charge in [-0.05, 0) is 13.0 Å². The first-order chi connectivity index (χ1) is 8.02. The highest BCUT2D eigenvalue weighted by Crippen LogP contribution is 2.09. The SMILES string of the molecule is CN(C)C(=O)CCCN1CCOCC1C(=O)O. The number of carboxylic acid groups (broad SMARTS) is 1. The third-order valence-corrected chi connectivity index (χ3v) is 2.86. The molecular weight excluding hydrogens is 224 g/mol. The molecule has 6 nitrogen and oxygen atoms in total. The number of hydrogen-bond donors (Lipinski definition) is 1. The van der Waals surface area contributed by atoms with Gasteiger partial charge in [-0.15, -0.1) is 0 Å². The Morgan fingerprint density at radius 1 is 1.47 bits per heavy atom. The molecule has 1 fully saturated rings. The van der Waals surface area contributed by atoms with E-state index in [2.05, 4.69) is 0 Å². The van der Waals surface area contributed by atoms with Crippen LogP contribution in [0.3, 0.4) is 0 Å². The maximum absolute atomic E-state index is 11.4. The molecule has 0 aliphatic carbocycles. The monoisotopic (exact) mass is 244 g/mol. The van der Waals surface area contributed by atoms with Gasteiger partial charge in [-0.1, -0.05) is 0 Å². The molecule has 1 N–H and O–H groups in total. The van der Waals surface area contributed by atoms with Crippen LogP contribution in [0.2, 0.25) is 0 Å². The molecule has 1 heterocycles. The molecule has 0 aromatic rings. The number of morpholine rings is 1. The molecule has 1 atom stereocenters. The molecule has 6 heteroatoms. The zero-order valence-electron chi connectivity index (χ0n) is 10.4. The van der Waals surface area contributed by atoms with Crippen LogP contribution in [0.25, 0.3) is 0 Å². The van der Waals surface area contributed by atoms with Crippen LogP contribution in [0.1, 0.15) is 12.8 Å². The molecule has 0 spiro atoms. The number of carboxylic acids is 1. The van der Waals surface area contributed by atoms with Crippen molar-refractivity contribution in [1.29, 1.82) is 0 Å². The number of aliphatic carboxylic acids is 1. The van der Waals surface area contributed by atoms with E-state index < -0.39 is 12.0 Å². The molecule has 0 aromatic carbocycles. The number of rotatable bonds is 5. The second-order valence-electron chi connectivity index (χ2n) is 4.36. The quantitative estimate of drug-likeness (QED) is 0.715. The minimum absolute atomic E-state index is 0.0742. The van der Waals surface area contributed by atoms with Crippen molar-refractivity contribution in [3.8, 4) is 0 Å². The largest absolute Gasteiger partial charge is 0.480 e. The summed E-state index contributed by atoms with van der Waals surface area (Å²) in [6, 6.07) is -0.571. The molecule has 1 unspecified atom stereocenters. The van der Waals surface area contributed by atoms with Gasteiger partial charge in [0.2, 0.25) is 5.91 Å². The maximum Gasteiger partial charge on any atom is 0.323 e. The van der Waals surface area contributed by atoms with Crippen LogP contribution in [0, 0.1) is 0 Å². The lowest BCUT2D eigenvalue weighted by molar-refractivity contribution is -0.149. The Balaban J connectivity index is 2.33. The highest BCUT2D eigenvalue weighted by atomic mass is 16.5. The summed E-state index contributed by atoms with van der Waals surface area (Å²) < 4.78 is 5.14. The first-order valence-corrected chi connectivity index (χ1v) is 5.77. The molecule has 1 saturated heterocycles. The number of amides is 1. The van der Waals surface area contributed by atoms with Gasteiger partial charge in [0.25, 0.3) is 0 Å². The number of hydrogen-bond acceptors (Lipinski definition) is 4. The molecule has 0 saturated carbocycles. The number of carbonyl (C=O) groups is 2. The maximum atomic E-state index is 11.4. The predicted octanol–water partition coefficient (Wildman–Crippen LogP) is -0.360. The molecule has 1 aliphatic rings. The molecule has 0 bridgehead atoms. The van der Waals surface area contributed by atoms with Crippen LogP contribution in [-0.4, -0.2) is 73.2 Å². The third kappa shape index (κ3) is 4.32. The van der Waals surface area contributed by atoms with Crippen molar-refractivity contribution in [3.63, 3.8) is 0 Å². The van der Waals surface area contributed by atoms with Gasteiger partial charge in [0.05, 0.1) is 13.2 Å². The standard InChI is InChI=1S/C11H20N2O4/c1-12(2)10(14)4-3-5-13-6-7-17-8-9(13)11(15)16/h9H,3-8H2,1-2H3,(H,15,16). The average Bonchev–Trinajstić information content (AvgIpc) is 2.29. The summed E-state index contributed by atoms with van der Waals surface area (Å²) in [7, 11) is 3.44. The van der Waals surface area contributed by atoms with E-state index in [-0.39, 0.29) is 12.5 Å². The average molecular weight is 244 g/mol. The van der Waals surface area contributed by atoms with Crippen LogP contribution >= 0.6 is 0 Å². The van der Waals surface area contributed by atoms with Crippen molar-refractivity contribution < 1.29 is 19.4 Å². The number of ether oxygens (including phenoxy) is 1. The van der Waals surface area contributed by atoms with Crippen LogP contribution < -0.4 is 0 Å². The molecule has 1 amide bonds. The second-order valence-corrected chi connectivity index (χ2v) is 4.36. The summed E-state index contributed by atoms with van der Waals surface area (Å²) in [5.41, 5.74) is 0. The highest BCUT2D eigenvalue weighted by molar-refractivity contribution is 5.75. The van der Waals surface area contributed by atoms with E-state index in [1.165, 1.54) is 0 Å². The van der Waals surface area contributed by atoms with Crippen molar-refractivity contribution in [2.45, 2.75) is 18.9 Å². The highest BCUT2D eigenvalue weighted by Gasteiger charge is 2.28. The van der Waals surface area contributed by atoms with Crippen molar-refractivity contribution in [3.05, 3.63) is 0 Å².